The Morgan fingerprint density at radius 1 is 1.35 bits per heavy atom. The number of ether oxygens (including phenoxy) is 1. The highest BCUT2D eigenvalue weighted by molar-refractivity contribution is 5.77. The molecule has 3 atom stereocenters. The first-order chi connectivity index (χ1) is 7.81. The molecule has 0 bridgehead atoms. The highest BCUT2D eigenvalue weighted by Crippen LogP contribution is 2.30. The van der Waals surface area contributed by atoms with Crippen LogP contribution >= 0.6 is 0 Å². The van der Waals surface area contributed by atoms with Gasteiger partial charge in [0, 0.05) is 6.61 Å². The molecule has 1 saturated carbocycles. The number of carboxylic acids is 1. The quantitative estimate of drug-likeness (QED) is 0.775. The summed E-state index contributed by atoms with van der Waals surface area (Å²) in [5, 5.41) is 8.88. The molecule has 3 N–H and O–H groups in total. The summed E-state index contributed by atoms with van der Waals surface area (Å²) in [4.78, 5) is 10.8. The van der Waals surface area contributed by atoms with Crippen LogP contribution in [0.3, 0.4) is 0 Å². The molecule has 0 amide bonds. The van der Waals surface area contributed by atoms with Gasteiger partial charge in [0.15, 0.2) is 0 Å². The van der Waals surface area contributed by atoms with Crippen LogP contribution in [0.4, 0.5) is 0 Å². The molecule has 0 aliphatic heterocycles. The van der Waals surface area contributed by atoms with Crippen LogP contribution in [0.2, 0.25) is 0 Å². The summed E-state index contributed by atoms with van der Waals surface area (Å²) < 4.78 is 5.77. The Morgan fingerprint density at radius 3 is 2.35 bits per heavy atom. The molecule has 4 heteroatoms. The summed E-state index contributed by atoms with van der Waals surface area (Å²) in [6, 6.07) is 0. The maximum atomic E-state index is 10.8. The Labute approximate surface area is 104 Å². The van der Waals surface area contributed by atoms with Gasteiger partial charge in [0.05, 0.1) is 6.10 Å². The van der Waals surface area contributed by atoms with Crippen molar-refractivity contribution < 1.29 is 14.6 Å². The first-order valence-electron chi connectivity index (χ1n) is 6.45. The summed E-state index contributed by atoms with van der Waals surface area (Å²) in [6.45, 7) is 6.46. The fraction of sp³-hybridized carbons (Fsp3) is 0.923. The van der Waals surface area contributed by atoms with Gasteiger partial charge in [-0.1, -0.05) is 13.8 Å². The summed E-state index contributed by atoms with van der Waals surface area (Å²) in [5.41, 5.74) is 4.48. The van der Waals surface area contributed by atoms with E-state index in [0.717, 1.165) is 12.8 Å². The zero-order chi connectivity index (χ0) is 13.1. The van der Waals surface area contributed by atoms with E-state index < -0.39 is 11.5 Å². The third kappa shape index (κ3) is 4.64. The van der Waals surface area contributed by atoms with Crippen molar-refractivity contribution in [2.24, 2.45) is 17.6 Å². The lowest BCUT2D eigenvalue weighted by Gasteiger charge is -2.32. The van der Waals surface area contributed by atoms with Crippen molar-refractivity contribution in [1.82, 2.24) is 0 Å². The molecule has 100 valence electrons. The van der Waals surface area contributed by atoms with Crippen LogP contribution in [0, 0.1) is 11.8 Å². The molecule has 0 aromatic heterocycles. The molecular weight excluding hydrogens is 218 g/mol. The molecule has 0 heterocycles. The normalized spacial score (nSPS) is 33.1. The Hall–Kier alpha value is -0.610. The van der Waals surface area contributed by atoms with Gasteiger partial charge in [-0.2, -0.15) is 0 Å². The van der Waals surface area contributed by atoms with E-state index in [9.17, 15) is 4.79 Å². The van der Waals surface area contributed by atoms with Crippen LogP contribution in [0.1, 0.15) is 46.5 Å². The van der Waals surface area contributed by atoms with Crippen molar-refractivity contribution in [1.29, 1.82) is 0 Å². The lowest BCUT2D eigenvalue weighted by Crippen LogP contribution is -2.46. The predicted octanol–water partition coefficient (Wildman–Crippen LogP) is 2.02. The van der Waals surface area contributed by atoms with E-state index >= 15 is 0 Å². The lowest BCUT2D eigenvalue weighted by atomic mass is 9.82. The molecule has 0 spiro atoms. The molecule has 17 heavy (non-hydrogen) atoms. The van der Waals surface area contributed by atoms with Crippen LogP contribution in [0.5, 0.6) is 0 Å². The minimum Gasteiger partial charge on any atom is -0.480 e. The van der Waals surface area contributed by atoms with Crippen LogP contribution in [0.15, 0.2) is 0 Å². The number of aliphatic carboxylic acids is 1. The van der Waals surface area contributed by atoms with Gasteiger partial charge >= 0.3 is 5.97 Å². The average molecular weight is 243 g/mol. The smallest absolute Gasteiger partial charge is 0.323 e. The van der Waals surface area contributed by atoms with E-state index in [0.29, 0.717) is 24.9 Å². The zero-order valence-electron chi connectivity index (χ0n) is 11.1. The molecular formula is C13H25NO3. The summed E-state index contributed by atoms with van der Waals surface area (Å²) >= 11 is 0. The second-order valence-electron chi connectivity index (χ2n) is 5.88. The van der Waals surface area contributed by atoms with Gasteiger partial charge in [-0.25, -0.2) is 0 Å². The van der Waals surface area contributed by atoms with Crippen LogP contribution in [-0.2, 0) is 9.53 Å². The minimum atomic E-state index is -1.17. The van der Waals surface area contributed by atoms with Crippen molar-refractivity contribution in [3.05, 3.63) is 0 Å². The Balaban J connectivity index is 2.29. The molecule has 0 aromatic carbocycles. The number of carboxylic acid groups (broad SMARTS) is 1. The monoisotopic (exact) mass is 243 g/mol. The van der Waals surface area contributed by atoms with E-state index in [1.807, 2.05) is 0 Å². The maximum absolute atomic E-state index is 10.8. The van der Waals surface area contributed by atoms with E-state index in [2.05, 4.69) is 13.8 Å². The summed E-state index contributed by atoms with van der Waals surface area (Å²) in [5.74, 6) is 0.437. The molecule has 1 rings (SSSR count). The standard InChI is InChI=1S/C13H25NO3/c1-9-6-10(2)8-11(7-9)17-5-4-13(3,14)12(15)16/h9-11H,4-8,14H2,1-3H3,(H,15,16). The number of hydrogen-bond donors (Lipinski definition) is 2. The zero-order valence-corrected chi connectivity index (χ0v) is 11.1. The predicted molar refractivity (Wildman–Crippen MR) is 66.8 cm³/mol. The van der Waals surface area contributed by atoms with Gasteiger partial charge in [0.1, 0.15) is 5.54 Å². The SMILES string of the molecule is CC1CC(C)CC(OCCC(C)(N)C(=O)O)C1. The second-order valence-corrected chi connectivity index (χ2v) is 5.88. The number of carbonyl (C=O) groups is 1. The number of nitrogens with two attached hydrogens (primary N) is 1. The highest BCUT2D eigenvalue weighted by Gasteiger charge is 2.29. The highest BCUT2D eigenvalue weighted by atomic mass is 16.5. The van der Waals surface area contributed by atoms with Crippen LogP contribution < -0.4 is 5.73 Å². The van der Waals surface area contributed by atoms with Crippen LogP contribution in [-0.4, -0.2) is 29.3 Å². The molecule has 0 aromatic rings. The fourth-order valence-corrected chi connectivity index (χ4v) is 2.55. The third-order valence-electron chi connectivity index (χ3n) is 3.60. The van der Waals surface area contributed by atoms with Gasteiger partial charge in [-0.15, -0.1) is 0 Å². The molecule has 0 saturated heterocycles. The fourth-order valence-electron chi connectivity index (χ4n) is 2.55. The molecule has 3 unspecified atom stereocenters. The van der Waals surface area contributed by atoms with Gasteiger partial charge in [0.2, 0.25) is 0 Å². The molecule has 1 aliphatic rings. The van der Waals surface area contributed by atoms with Gasteiger partial charge in [-0.3, -0.25) is 4.79 Å². The van der Waals surface area contributed by atoms with E-state index in [1.54, 1.807) is 0 Å². The van der Waals surface area contributed by atoms with Crippen LogP contribution in [0.25, 0.3) is 0 Å². The van der Waals surface area contributed by atoms with Crippen molar-refractivity contribution in [2.45, 2.75) is 58.1 Å². The Morgan fingerprint density at radius 2 is 1.88 bits per heavy atom. The lowest BCUT2D eigenvalue weighted by molar-refractivity contribution is -0.143. The summed E-state index contributed by atoms with van der Waals surface area (Å²) in [6.07, 6.45) is 4.07. The first kappa shape index (κ1) is 14.5. The molecule has 1 fully saturated rings. The molecule has 4 nitrogen and oxygen atoms in total. The Kier molecular flexibility index (Phi) is 4.95. The van der Waals surface area contributed by atoms with Crippen molar-refractivity contribution in [2.75, 3.05) is 6.61 Å². The van der Waals surface area contributed by atoms with E-state index in [-0.39, 0.29) is 6.10 Å². The van der Waals surface area contributed by atoms with Crippen molar-refractivity contribution in [3.8, 4) is 0 Å². The number of hydrogen-bond acceptors (Lipinski definition) is 3. The third-order valence-corrected chi connectivity index (χ3v) is 3.60. The van der Waals surface area contributed by atoms with Gasteiger partial charge < -0.3 is 15.6 Å². The van der Waals surface area contributed by atoms with Gasteiger partial charge in [0.25, 0.3) is 0 Å². The van der Waals surface area contributed by atoms with Crippen molar-refractivity contribution >= 4 is 5.97 Å². The summed E-state index contributed by atoms with van der Waals surface area (Å²) in [7, 11) is 0. The second kappa shape index (κ2) is 5.83. The number of rotatable bonds is 5. The topological polar surface area (TPSA) is 72.5 Å². The van der Waals surface area contributed by atoms with E-state index in [1.165, 1.54) is 13.3 Å². The van der Waals surface area contributed by atoms with Crippen molar-refractivity contribution in [3.63, 3.8) is 0 Å². The average Bonchev–Trinajstić information content (AvgIpc) is 2.15. The maximum Gasteiger partial charge on any atom is 0.323 e. The molecule has 1 aliphatic carbocycles. The van der Waals surface area contributed by atoms with E-state index in [4.69, 9.17) is 15.6 Å². The first-order valence-corrected chi connectivity index (χ1v) is 6.45. The molecule has 0 radical (unpaired) electrons. The minimum absolute atomic E-state index is 0.276. The van der Waals surface area contributed by atoms with Gasteiger partial charge in [-0.05, 0) is 44.4 Å². The largest absolute Gasteiger partial charge is 0.480 e. The Bertz CT molecular complexity index is 255.